The highest BCUT2D eigenvalue weighted by atomic mass is 32.2. The molecule has 1 N–H and O–H groups in total. The summed E-state index contributed by atoms with van der Waals surface area (Å²) in [5, 5.41) is 0. The molecule has 3 aromatic carbocycles. The number of aryl methyl sites for hydroxylation is 1. The third-order valence-electron chi connectivity index (χ3n) is 5.22. The molecule has 0 aromatic heterocycles. The lowest BCUT2D eigenvalue weighted by molar-refractivity contribution is 0.347. The molecule has 0 bridgehead atoms. The van der Waals surface area contributed by atoms with E-state index in [4.69, 9.17) is 9.47 Å². The highest BCUT2D eigenvalue weighted by Crippen LogP contribution is 2.37. The van der Waals surface area contributed by atoms with Gasteiger partial charge in [-0.2, -0.15) is 0 Å². The van der Waals surface area contributed by atoms with Gasteiger partial charge in [0.15, 0.2) is 11.5 Å². The monoisotopic (exact) mass is 436 g/mol. The van der Waals surface area contributed by atoms with Crippen LogP contribution in [0.3, 0.4) is 0 Å². The molecular weight excluding hydrogens is 412 g/mol. The second-order valence-electron chi connectivity index (χ2n) is 7.23. The summed E-state index contributed by atoms with van der Waals surface area (Å²) in [6.45, 7) is 1.92. The van der Waals surface area contributed by atoms with E-state index in [1.807, 2.05) is 55.5 Å². The number of benzene rings is 3. The molecule has 1 heterocycles. The highest BCUT2D eigenvalue weighted by molar-refractivity contribution is 7.89. The van der Waals surface area contributed by atoms with Crippen molar-refractivity contribution in [1.29, 1.82) is 0 Å². The van der Waals surface area contributed by atoms with Crippen molar-refractivity contribution >= 4 is 15.7 Å². The number of rotatable bonds is 6. The molecule has 0 amide bonds. The normalized spacial score (nSPS) is 16.5. The minimum Gasteiger partial charge on any atom is -0.493 e. The van der Waals surface area contributed by atoms with E-state index < -0.39 is 16.1 Å². The van der Waals surface area contributed by atoms with Crippen molar-refractivity contribution in [3.63, 3.8) is 0 Å². The smallest absolute Gasteiger partial charge is 0.260 e. The topological polar surface area (TPSA) is 67.9 Å². The third kappa shape index (κ3) is 4.02. The lowest BCUT2D eigenvalue weighted by atomic mass is 10.1. The van der Waals surface area contributed by atoms with Crippen LogP contribution in [0.15, 0.2) is 83.8 Å². The van der Waals surface area contributed by atoms with Crippen molar-refractivity contribution in [2.24, 2.45) is 0 Å². The number of hydrogen-bond acceptors (Lipinski definition) is 5. The number of methoxy groups -OCH3 is 2. The van der Waals surface area contributed by atoms with Gasteiger partial charge in [-0.25, -0.2) is 8.42 Å². The number of nitrogens with zero attached hydrogens (tertiary/aromatic N) is 1. The van der Waals surface area contributed by atoms with Crippen molar-refractivity contribution in [3.05, 3.63) is 95.6 Å². The number of sulfonamides is 1. The summed E-state index contributed by atoms with van der Waals surface area (Å²) in [4.78, 5) is 0.230. The lowest BCUT2D eigenvalue weighted by Crippen LogP contribution is -2.39. The fraction of sp³-hybridized carbons (Fsp3) is 0.167. The van der Waals surface area contributed by atoms with Crippen LogP contribution in [-0.2, 0) is 10.0 Å². The summed E-state index contributed by atoms with van der Waals surface area (Å²) in [5.41, 5.74) is 6.43. The van der Waals surface area contributed by atoms with Crippen molar-refractivity contribution in [2.45, 2.75) is 17.9 Å². The second kappa shape index (κ2) is 8.45. The van der Waals surface area contributed by atoms with E-state index in [2.05, 4.69) is 5.43 Å². The van der Waals surface area contributed by atoms with Crippen molar-refractivity contribution in [3.8, 4) is 11.5 Å². The first-order valence-electron chi connectivity index (χ1n) is 9.81. The quantitative estimate of drug-likeness (QED) is 0.624. The van der Waals surface area contributed by atoms with Crippen LogP contribution in [0.1, 0.15) is 22.7 Å². The molecule has 0 saturated carbocycles. The largest absolute Gasteiger partial charge is 0.493 e. The maximum atomic E-state index is 13.5. The van der Waals surface area contributed by atoms with Gasteiger partial charge in [0.25, 0.3) is 10.0 Å². The number of nitrogens with one attached hydrogen (secondary N) is 1. The standard InChI is InChI=1S/C24H24N2O4S/c1-17-9-12-20(13-10-17)31(27,28)26-22(18-7-5-4-6-8-18)16-21(25-26)19-11-14-23(29-2)24(15-19)30-3/h4-16,22,25H,1-3H3. The molecule has 3 aromatic rings. The summed E-state index contributed by atoms with van der Waals surface area (Å²) in [6.07, 6.45) is 1.91. The Bertz CT molecular complexity index is 1210. The zero-order valence-corrected chi connectivity index (χ0v) is 18.4. The summed E-state index contributed by atoms with van der Waals surface area (Å²) in [7, 11) is -0.664. The maximum absolute atomic E-state index is 13.5. The van der Waals surface area contributed by atoms with E-state index in [0.717, 1.165) is 16.7 Å². The number of hydrogen-bond donors (Lipinski definition) is 1. The Labute approximate surface area is 182 Å². The van der Waals surface area contributed by atoms with E-state index in [1.54, 1.807) is 44.6 Å². The van der Waals surface area contributed by atoms with Crippen molar-refractivity contribution in [1.82, 2.24) is 9.84 Å². The molecular formula is C24H24N2O4S. The molecule has 0 saturated heterocycles. The van der Waals surface area contributed by atoms with E-state index in [0.29, 0.717) is 17.2 Å². The van der Waals surface area contributed by atoms with Gasteiger partial charge in [0, 0.05) is 5.56 Å². The maximum Gasteiger partial charge on any atom is 0.260 e. The van der Waals surface area contributed by atoms with Gasteiger partial charge in [0.2, 0.25) is 0 Å². The van der Waals surface area contributed by atoms with Gasteiger partial charge in [-0.05, 0) is 48.9 Å². The third-order valence-corrected chi connectivity index (χ3v) is 6.93. The Morgan fingerprint density at radius 3 is 2.19 bits per heavy atom. The first-order chi connectivity index (χ1) is 14.9. The average Bonchev–Trinajstić information content (AvgIpc) is 3.26. The lowest BCUT2D eigenvalue weighted by Gasteiger charge is -2.25. The molecule has 160 valence electrons. The molecule has 1 aliphatic heterocycles. The fourth-order valence-electron chi connectivity index (χ4n) is 3.53. The van der Waals surface area contributed by atoms with E-state index in [9.17, 15) is 8.42 Å². The van der Waals surface area contributed by atoms with Gasteiger partial charge in [0.1, 0.15) is 0 Å². The minimum atomic E-state index is -3.81. The van der Waals surface area contributed by atoms with Crippen LogP contribution < -0.4 is 14.9 Å². The number of ether oxygens (including phenoxy) is 2. The fourth-order valence-corrected chi connectivity index (χ4v) is 4.94. The molecule has 1 atom stereocenters. The van der Waals surface area contributed by atoms with E-state index in [-0.39, 0.29) is 4.90 Å². The Balaban J connectivity index is 1.77. The summed E-state index contributed by atoms with van der Waals surface area (Å²) in [6, 6.07) is 21.4. The second-order valence-corrected chi connectivity index (χ2v) is 9.05. The van der Waals surface area contributed by atoms with Gasteiger partial charge in [-0.3, -0.25) is 0 Å². The van der Waals surface area contributed by atoms with Crippen LogP contribution in [0.2, 0.25) is 0 Å². The summed E-state index contributed by atoms with van der Waals surface area (Å²) < 4.78 is 39.1. The molecule has 1 unspecified atom stereocenters. The predicted octanol–water partition coefficient (Wildman–Crippen LogP) is 4.30. The van der Waals surface area contributed by atoms with Crippen LogP contribution in [0.25, 0.3) is 5.70 Å². The van der Waals surface area contributed by atoms with Crippen LogP contribution in [-0.4, -0.2) is 27.1 Å². The van der Waals surface area contributed by atoms with Crippen LogP contribution in [0, 0.1) is 6.92 Å². The first kappa shape index (κ1) is 21.0. The SMILES string of the molecule is COc1ccc(C2=CC(c3ccccc3)N(S(=O)(=O)c3ccc(C)cc3)N2)cc1OC. The molecule has 6 nitrogen and oxygen atoms in total. The zero-order chi connectivity index (χ0) is 22.0. The molecule has 0 aliphatic carbocycles. The molecule has 7 heteroatoms. The first-order valence-corrected chi connectivity index (χ1v) is 11.2. The Hall–Kier alpha value is -3.29. The van der Waals surface area contributed by atoms with Crippen molar-refractivity contribution in [2.75, 3.05) is 14.2 Å². The molecule has 0 radical (unpaired) electrons. The van der Waals surface area contributed by atoms with Crippen LogP contribution >= 0.6 is 0 Å². The van der Waals surface area contributed by atoms with Gasteiger partial charge >= 0.3 is 0 Å². The van der Waals surface area contributed by atoms with Crippen molar-refractivity contribution < 1.29 is 17.9 Å². The Morgan fingerprint density at radius 2 is 1.55 bits per heavy atom. The van der Waals surface area contributed by atoms with Gasteiger partial charge in [0.05, 0.1) is 30.9 Å². The molecule has 4 rings (SSSR count). The zero-order valence-electron chi connectivity index (χ0n) is 17.6. The highest BCUT2D eigenvalue weighted by Gasteiger charge is 2.37. The summed E-state index contributed by atoms with van der Waals surface area (Å²) in [5.74, 6) is 1.17. The van der Waals surface area contributed by atoms with E-state index in [1.165, 1.54) is 4.41 Å². The molecule has 0 fully saturated rings. The Kier molecular flexibility index (Phi) is 5.71. The molecule has 0 spiro atoms. The van der Waals surface area contributed by atoms with Gasteiger partial charge in [-0.1, -0.05) is 48.0 Å². The van der Waals surface area contributed by atoms with Gasteiger partial charge in [-0.15, -0.1) is 4.41 Å². The average molecular weight is 437 g/mol. The Morgan fingerprint density at radius 1 is 0.871 bits per heavy atom. The van der Waals surface area contributed by atoms with E-state index >= 15 is 0 Å². The summed E-state index contributed by atoms with van der Waals surface area (Å²) >= 11 is 0. The number of hydrazine groups is 1. The van der Waals surface area contributed by atoms with Crippen LogP contribution in [0.4, 0.5) is 0 Å². The predicted molar refractivity (Wildman–Crippen MR) is 120 cm³/mol. The van der Waals surface area contributed by atoms with Crippen LogP contribution in [0.5, 0.6) is 11.5 Å². The van der Waals surface area contributed by atoms with Gasteiger partial charge < -0.3 is 14.9 Å². The minimum absolute atomic E-state index is 0.230. The molecule has 31 heavy (non-hydrogen) atoms. The molecule has 1 aliphatic rings.